The van der Waals surface area contributed by atoms with E-state index in [1.54, 1.807) is 20.4 Å². The zero-order chi connectivity index (χ0) is 19.6. The Morgan fingerprint density at radius 2 is 1.70 bits per heavy atom. The van der Waals surface area contributed by atoms with Gasteiger partial charge in [0.05, 0.1) is 43.8 Å². The molecule has 2 rings (SSSR count). The molecule has 0 radical (unpaired) electrons. The second-order valence-corrected chi connectivity index (χ2v) is 6.64. The standard InChI is InChI=1S/C20H25IN2O4/c1-5-26-19-11-15(9-16(21)20(19)27-6-2)13-23-22-12-14-7-8-17(24-3)18(10-14)25-4/h7-11,13,22H,5-6,12H2,1-4H3/b23-13-. The van der Waals surface area contributed by atoms with Crippen molar-refractivity contribution in [3.8, 4) is 23.0 Å². The lowest BCUT2D eigenvalue weighted by atomic mass is 10.2. The van der Waals surface area contributed by atoms with Gasteiger partial charge in [0.2, 0.25) is 0 Å². The molecule has 2 aromatic carbocycles. The molecular formula is C20H25IN2O4. The van der Waals surface area contributed by atoms with Crippen LogP contribution in [0.25, 0.3) is 0 Å². The fourth-order valence-electron chi connectivity index (χ4n) is 2.46. The summed E-state index contributed by atoms with van der Waals surface area (Å²) in [4.78, 5) is 0. The maximum absolute atomic E-state index is 5.70. The Hall–Kier alpha value is -2.16. The number of halogens is 1. The van der Waals surface area contributed by atoms with Crippen LogP contribution in [0.2, 0.25) is 0 Å². The zero-order valence-electron chi connectivity index (χ0n) is 16.0. The van der Waals surface area contributed by atoms with Crippen LogP contribution < -0.4 is 24.4 Å². The van der Waals surface area contributed by atoms with Crippen molar-refractivity contribution in [2.75, 3.05) is 27.4 Å². The SMILES string of the molecule is CCOc1cc(/C=N\NCc2ccc(OC)c(OC)c2)cc(I)c1OCC. The van der Waals surface area contributed by atoms with Gasteiger partial charge in [-0.2, -0.15) is 5.10 Å². The van der Waals surface area contributed by atoms with Crippen LogP contribution in [-0.4, -0.2) is 33.6 Å². The average molecular weight is 484 g/mol. The number of ether oxygens (including phenoxy) is 4. The van der Waals surface area contributed by atoms with E-state index in [2.05, 4.69) is 33.1 Å². The Balaban J connectivity index is 2.05. The Bertz CT molecular complexity index is 781. The molecule has 0 spiro atoms. The topological polar surface area (TPSA) is 61.3 Å². The van der Waals surface area contributed by atoms with E-state index in [1.165, 1.54) is 0 Å². The number of rotatable bonds is 10. The molecule has 2 aromatic rings. The van der Waals surface area contributed by atoms with Crippen molar-refractivity contribution in [2.45, 2.75) is 20.4 Å². The van der Waals surface area contributed by atoms with E-state index >= 15 is 0 Å². The van der Waals surface area contributed by atoms with Gasteiger partial charge in [0.25, 0.3) is 0 Å². The van der Waals surface area contributed by atoms with Crippen molar-refractivity contribution >= 4 is 28.8 Å². The molecule has 0 atom stereocenters. The summed E-state index contributed by atoms with van der Waals surface area (Å²) in [7, 11) is 3.24. The molecule has 0 saturated heterocycles. The van der Waals surface area contributed by atoms with Crippen LogP contribution in [0.3, 0.4) is 0 Å². The maximum Gasteiger partial charge on any atom is 0.174 e. The zero-order valence-corrected chi connectivity index (χ0v) is 18.2. The third kappa shape index (κ3) is 5.92. The highest BCUT2D eigenvalue weighted by Gasteiger charge is 2.11. The van der Waals surface area contributed by atoms with Crippen molar-refractivity contribution in [2.24, 2.45) is 5.10 Å². The van der Waals surface area contributed by atoms with Crippen molar-refractivity contribution < 1.29 is 18.9 Å². The number of nitrogens with zero attached hydrogens (tertiary/aromatic N) is 1. The summed E-state index contributed by atoms with van der Waals surface area (Å²) < 4.78 is 22.9. The summed E-state index contributed by atoms with van der Waals surface area (Å²) in [6.45, 7) is 5.65. The molecule has 27 heavy (non-hydrogen) atoms. The molecule has 0 bridgehead atoms. The van der Waals surface area contributed by atoms with Crippen molar-refractivity contribution in [3.63, 3.8) is 0 Å². The maximum atomic E-state index is 5.70. The van der Waals surface area contributed by atoms with Crippen LogP contribution in [-0.2, 0) is 6.54 Å². The molecule has 0 amide bonds. The number of nitrogens with one attached hydrogen (secondary N) is 1. The molecule has 0 heterocycles. The summed E-state index contributed by atoms with van der Waals surface area (Å²) >= 11 is 2.25. The molecule has 6 nitrogen and oxygen atoms in total. The molecule has 146 valence electrons. The van der Waals surface area contributed by atoms with Gasteiger partial charge in [-0.3, -0.25) is 0 Å². The molecule has 0 aliphatic heterocycles. The highest BCUT2D eigenvalue weighted by molar-refractivity contribution is 14.1. The fourth-order valence-corrected chi connectivity index (χ4v) is 3.24. The Morgan fingerprint density at radius 3 is 2.37 bits per heavy atom. The van der Waals surface area contributed by atoms with Gasteiger partial charge in [-0.05, 0) is 71.8 Å². The van der Waals surface area contributed by atoms with Gasteiger partial charge < -0.3 is 24.4 Å². The predicted molar refractivity (Wildman–Crippen MR) is 115 cm³/mol. The number of methoxy groups -OCH3 is 2. The first kappa shape index (κ1) is 21.1. The Morgan fingerprint density at radius 1 is 0.963 bits per heavy atom. The van der Waals surface area contributed by atoms with Gasteiger partial charge in [0, 0.05) is 0 Å². The van der Waals surface area contributed by atoms with Gasteiger partial charge in [-0.25, -0.2) is 0 Å². The van der Waals surface area contributed by atoms with E-state index < -0.39 is 0 Å². The van der Waals surface area contributed by atoms with Gasteiger partial charge >= 0.3 is 0 Å². The third-order valence-electron chi connectivity index (χ3n) is 3.66. The summed E-state index contributed by atoms with van der Waals surface area (Å²) in [5.74, 6) is 2.91. The predicted octanol–water partition coefficient (Wildman–Crippen LogP) is 4.23. The molecule has 0 aromatic heterocycles. The molecule has 0 unspecified atom stereocenters. The minimum absolute atomic E-state index is 0.573. The smallest absolute Gasteiger partial charge is 0.174 e. The highest BCUT2D eigenvalue weighted by atomic mass is 127. The van der Waals surface area contributed by atoms with Crippen LogP contribution in [0.5, 0.6) is 23.0 Å². The van der Waals surface area contributed by atoms with E-state index in [1.807, 2.05) is 44.2 Å². The quantitative estimate of drug-likeness (QED) is 0.311. The molecule has 7 heteroatoms. The van der Waals surface area contributed by atoms with Crippen molar-refractivity contribution in [1.29, 1.82) is 0 Å². The van der Waals surface area contributed by atoms with E-state index in [-0.39, 0.29) is 0 Å². The van der Waals surface area contributed by atoms with Crippen LogP contribution >= 0.6 is 22.6 Å². The first-order valence-electron chi connectivity index (χ1n) is 8.68. The van der Waals surface area contributed by atoms with E-state index in [9.17, 15) is 0 Å². The largest absolute Gasteiger partial charge is 0.493 e. The first-order valence-corrected chi connectivity index (χ1v) is 9.76. The number of hydrazone groups is 1. The summed E-state index contributed by atoms with van der Waals surface area (Å²) in [6, 6.07) is 9.71. The normalized spacial score (nSPS) is 10.7. The Kier molecular flexibility index (Phi) is 8.50. The molecule has 0 fully saturated rings. The molecule has 0 aliphatic carbocycles. The lowest BCUT2D eigenvalue weighted by Gasteiger charge is -2.13. The Labute approximate surface area is 174 Å². The van der Waals surface area contributed by atoms with E-state index in [4.69, 9.17) is 18.9 Å². The van der Waals surface area contributed by atoms with Gasteiger partial charge in [-0.15, -0.1) is 0 Å². The number of hydrogen-bond acceptors (Lipinski definition) is 6. The van der Waals surface area contributed by atoms with Gasteiger partial charge in [0.1, 0.15) is 0 Å². The van der Waals surface area contributed by atoms with Crippen molar-refractivity contribution in [1.82, 2.24) is 5.43 Å². The molecule has 1 N–H and O–H groups in total. The van der Waals surface area contributed by atoms with Crippen molar-refractivity contribution in [3.05, 3.63) is 45.0 Å². The van der Waals surface area contributed by atoms with Crippen LogP contribution in [0, 0.1) is 3.57 Å². The average Bonchev–Trinajstić information content (AvgIpc) is 2.68. The van der Waals surface area contributed by atoms with E-state index in [0.29, 0.717) is 31.3 Å². The minimum Gasteiger partial charge on any atom is -0.493 e. The minimum atomic E-state index is 0.573. The third-order valence-corrected chi connectivity index (χ3v) is 4.46. The van der Waals surface area contributed by atoms with Crippen LogP contribution in [0.4, 0.5) is 0 Å². The second kappa shape index (κ2) is 10.9. The number of hydrogen-bond donors (Lipinski definition) is 1. The van der Waals surface area contributed by atoms with Crippen LogP contribution in [0.15, 0.2) is 35.4 Å². The lowest BCUT2D eigenvalue weighted by Crippen LogP contribution is -2.06. The van der Waals surface area contributed by atoms with Gasteiger partial charge in [-0.1, -0.05) is 6.07 Å². The summed E-state index contributed by atoms with van der Waals surface area (Å²) in [6.07, 6.45) is 1.77. The monoisotopic (exact) mass is 484 g/mol. The summed E-state index contributed by atoms with van der Waals surface area (Å²) in [5, 5.41) is 4.31. The summed E-state index contributed by atoms with van der Waals surface area (Å²) in [5.41, 5.74) is 5.03. The first-order chi connectivity index (χ1) is 13.1. The molecular weight excluding hydrogens is 459 g/mol. The lowest BCUT2D eigenvalue weighted by molar-refractivity contribution is 0.286. The molecule has 0 saturated carbocycles. The van der Waals surface area contributed by atoms with Gasteiger partial charge in [0.15, 0.2) is 23.0 Å². The number of benzene rings is 2. The van der Waals surface area contributed by atoms with E-state index in [0.717, 1.165) is 26.2 Å². The highest BCUT2D eigenvalue weighted by Crippen LogP contribution is 2.34. The second-order valence-electron chi connectivity index (χ2n) is 5.48. The molecule has 0 aliphatic rings. The van der Waals surface area contributed by atoms with Crippen LogP contribution in [0.1, 0.15) is 25.0 Å². The fraction of sp³-hybridized carbons (Fsp3) is 0.350.